The zero-order chi connectivity index (χ0) is 34.5. The maximum Gasteiger partial charge on any atom is 0.336 e. The number of nitrogens with one attached hydrogen (secondary N) is 4. The molecule has 11 heteroatoms. The number of esters is 1. The number of aromatic amines is 1. The van der Waals surface area contributed by atoms with Crippen molar-refractivity contribution < 1.29 is 29.0 Å². The van der Waals surface area contributed by atoms with Crippen LogP contribution in [0.2, 0.25) is 0 Å². The number of H-pyrrole nitrogens is 1. The number of amides is 3. The highest BCUT2D eigenvalue weighted by atomic mass is 16.5. The molecular formula is C37H45N5O6. The van der Waals surface area contributed by atoms with E-state index in [0.717, 1.165) is 29.0 Å². The number of fused-ring (bicyclic) bond motifs is 1. The SMILES string of the molecule is COC(=O)[C@@H](O)C(CC(C)C)NC(=O)C(Cc1cnc[nH]1)NC(=O)C(CC(=O)NCCc1ccccc1)Cc1cccc2ccccc12. The average Bonchev–Trinajstić information content (AvgIpc) is 3.60. The second kappa shape index (κ2) is 17.8. The van der Waals surface area contributed by atoms with Gasteiger partial charge in [-0.15, -0.1) is 0 Å². The van der Waals surface area contributed by atoms with E-state index in [1.807, 2.05) is 86.6 Å². The summed E-state index contributed by atoms with van der Waals surface area (Å²) in [5, 5.41) is 21.2. The van der Waals surface area contributed by atoms with Gasteiger partial charge in [-0.2, -0.15) is 0 Å². The summed E-state index contributed by atoms with van der Waals surface area (Å²) in [7, 11) is 1.16. The molecule has 48 heavy (non-hydrogen) atoms. The maximum absolute atomic E-state index is 14.1. The Morgan fingerprint density at radius 3 is 2.33 bits per heavy atom. The molecule has 3 unspecified atom stereocenters. The number of aliphatic hydroxyl groups excluding tert-OH is 1. The standard InChI is InChI=1S/C37H45N5O6/c1-24(2)18-31(34(44)37(47)48-3)41-36(46)32(21-29-22-38-23-40-29)42-35(45)28(19-27-14-9-13-26-12-7-8-15-30(26)27)20-33(43)39-17-16-25-10-5-4-6-11-25/h4-15,22-24,28,31-32,34,44H,16-21H2,1-3H3,(H,38,40)(H,39,43)(H,41,46)(H,42,45)/t28?,31?,32?,34-/m0/s1. The van der Waals surface area contributed by atoms with Gasteiger partial charge in [0.1, 0.15) is 6.04 Å². The summed E-state index contributed by atoms with van der Waals surface area (Å²) >= 11 is 0. The minimum Gasteiger partial charge on any atom is -0.467 e. The minimum absolute atomic E-state index is 0.0285. The Morgan fingerprint density at radius 1 is 0.896 bits per heavy atom. The van der Waals surface area contributed by atoms with Crippen LogP contribution in [0.3, 0.4) is 0 Å². The number of methoxy groups -OCH3 is 1. The summed E-state index contributed by atoms with van der Waals surface area (Å²) in [6, 6.07) is 21.4. The van der Waals surface area contributed by atoms with Crippen LogP contribution < -0.4 is 16.0 Å². The number of nitrogens with zero attached hydrogens (tertiary/aromatic N) is 1. The van der Waals surface area contributed by atoms with E-state index in [1.165, 1.54) is 6.33 Å². The molecule has 1 aromatic heterocycles. The summed E-state index contributed by atoms with van der Waals surface area (Å²) in [6.07, 6.45) is 2.59. The molecule has 0 aliphatic rings. The van der Waals surface area contributed by atoms with Gasteiger partial charge in [0.2, 0.25) is 17.7 Å². The Bertz CT molecular complexity index is 1640. The van der Waals surface area contributed by atoms with Crippen LogP contribution in [0.1, 0.15) is 43.5 Å². The third kappa shape index (κ3) is 10.5. The summed E-state index contributed by atoms with van der Waals surface area (Å²) in [6.45, 7) is 4.21. The lowest BCUT2D eigenvalue weighted by Crippen LogP contribution is -2.56. The number of ether oxygens (including phenoxy) is 1. The summed E-state index contributed by atoms with van der Waals surface area (Å²) in [4.78, 5) is 60.3. The number of hydrogen-bond acceptors (Lipinski definition) is 7. The molecule has 4 atom stereocenters. The fraction of sp³-hybridized carbons (Fsp3) is 0.378. The predicted octanol–water partition coefficient (Wildman–Crippen LogP) is 3.26. The minimum atomic E-state index is -1.59. The Kier molecular flexibility index (Phi) is 13.3. The van der Waals surface area contributed by atoms with Crippen molar-refractivity contribution >= 4 is 34.5 Å². The number of imidazole rings is 1. The molecule has 0 fully saturated rings. The molecule has 0 saturated carbocycles. The molecule has 0 aliphatic carbocycles. The second-order valence-corrected chi connectivity index (χ2v) is 12.4. The van der Waals surface area contributed by atoms with Crippen molar-refractivity contribution in [2.75, 3.05) is 13.7 Å². The van der Waals surface area contributed by atoms with Crippen LogP contribution in [0.15, 0.2) is 85.3 Å². The van der Waals surface area contributed by atoms with Crippen molar-refractivity contribution in [2.45, 2.75) is 64.1 Å². The van der Waals surface area contributed by atoms with Crippen LogP contribution in [-0.4, -0.2) is 70.6 Å². The van der Waals surface area contributed by atoms with Gasteiger partial charge in [0.15, 0.2) is 6.10 Å². The lowest BCUT2D eigenvalue weighted by molar-refractivity contribution is -0.152. The average molecular weight is 656 g/mol. The van der Waals surface area contributed by atoms with Crippen molar-refractivity contribution in [3.63, 3.8) is 0 Å². The first-order chi connectivity index (χ1) is 23.1. The first kappa shape index (κ1) is 35.8. The molecule has 1 heterocycles. The molecule has 11 nitrogen and oxygen atoms in total. The van der Waals surface area contributed by atoms with Crippen molar-refractivity contribution in [3.05, 3.63) is 102 Å². The van der Waals surface area contributed by atoms with Gasteiger partial charge in [0.05, 0.1) is 25.4 Å². The van der Waals surface area contributed by atoms with Crippen LogP contribution in [0.25, 0.3) is 10.8 Å². The lowest BCUT2D eigenvalue weighted by atomic mass is 9.91. The quantitative estimate of drug-likeness (QED) is 0.109. The van der Waals surface area contributed by atoms with E-state index in [0.29, 0.717) is 25.1 Å². The zero-order valence-corrected chi connectivity index (χ0v) is 27.6. The highest BCUT2D eigenvalue weighted by molar-refractivity contribution is 5.92. The van der Waals surface area contributed by atoms with Gasteiger partial charge < -0.3 is 30.8 Å². The number of rotatable bonds is 17. The number of aromatic nitrogens is 2. The zero-order valence-electron chi connectivity index (χ0n) is 27.6. The Balaban J connectivity index is 1.56. The van der Waals surface area contributed by atoms with Crippen molar-refractivity contribution in [3.8, 4) is 0 Å². The normalized spacial score (nSPS) is 13.7. The van der Waals surface area contributed by atoms with Crippen LogP contribution >= 0.6 is 0 Å². The van der Waals surface area contributed by atoms with Crippen molar-refractivity contribution in [2.24, 2.45) is 11.8 Å². The van der Waals surface area contributed by atoms with Gasteiger partial charge in [-0.1, -0.05) is 86.6 Å². The fourth-order valence-corrected chi connectivity index (χ4v) is 5.74. The Hall–Kier alpha value is -5.03. The van der Waals surface area contributed by atoms with Gasteiger partial charge in [-0.05, 0) is 47.1 Å². The van der Waals surface area contributed by atoms with Crippen LogP contribution in [0, 0.1) is 11.8 Å². The summed E-state index contributed by atoms with van der Waals surface area (Å²) in [5.41, 5.74) is 2.58. The van der Waals surface area contributed by atoms with E-state index in [4.69, 9.17) is 4.74 Å². The molecule has 0 saturated heterocycles. The molecule has 0 bridgehead atoms. The molecule has 0 radical (unpaired) electrons. The van der Waals surface area contributed by atoms with Gasteiger partial charge in [-0.25, -0.2) is 9.78 Å². The summed E-state index contributed by atoms with van der Waals surface area (Å²) < 4.78 is 4.71. The smallest absolute Gasteiger partial charge is 0.336 e. The largest absolute Gasteiger partial charge is 0.467 e. The van der Waals surface area contributed by atoms with E-state index in [-0.39, 0.29) is 31.1 Å². The molecule has 0 spiro atoms. The molecule has 4 aromatic rings. The lowest BCUT2D eigenvalue weighted by Gasteiger charge is -2.27. The monoisotopic (exact) mass is 655 g/mol. The number of carbonyl (C=O) groups is 4. The van der Waals surface area contributed by atoms with E-state index in [9.17, 15) is 24.3 Å². The molecule has 3 aromatic carbocycles. The first-order valence-corrected chi connectivity index (χ1v) is 16.3. The third-order valence-corrected chi connectivity index (χ3v) is 8.22. The third-order valence-electron chi connectivity index (χ3n) is 8.22. The van der Waals surface area contributed by atoms with Crippen molar-refractivity contribution in [1.82, 2.24) is 25.9 Å². The van der Waals surface area contributed by atoms with Crippen molar-refractivity contribution in [1.29, 1.82) is 0 Å². The highest BCUT2D eigenvalue weighted by Crippen LogP contribution is 2.23. The van der Waals surface area contributed by atoms with Gasteiger partial charge in [0.25, 0.3) is 0 Å². The molecule has 5 N–H and O–H groups in total. The topological polar surface area (TPSA) is 163 Å². The van der Waals surface area contributed by atoms with E-state index in [1.54, 1.807) is 6.20 Å². The van der Waals surface area contributed by atoms with Gasteiger partial charge in [-0.3, -0.25) is 14.4 Å². The first-order valence-electron chi connectivity index (χ1n) is 16.3. The molecule has 0 aliphatic heterocycles. The number of carbonyl (C=O) groups excluding carboxylic acids is 4. The van der Waals surface area contributed by atoms with E-state index >= 15 is 0 Å². The maximum atomic E-state index is 14.1. The number of benzene rings is 3. The molecule has 254 valence electrons. The second-order valence-electron chi connectivity index (χ2n) is 12.4. The number of hydrogen-bond donors (Lipinski definition) is 5. The van der Waals surface area contributed by atoms with Crippen LogP contribution in [-0.2, 0) is 43.2 Å². The van der Waals surface area contributed by atoms with E-state index in [2.05, 4.69) is 25.9 Å². The number of aliphatic hydroxyl groups is 1. The molecule has 3 amide bonds. The van der Waals surface area contributed by atoms with E-state index < -0.39 is 41.9 Å². The summed E-state index contributed by atoms with van der Waals surface area (Å²) in [5.74, 6) is -3.00. The molecule has 4 rings (SSSR count). The highest BCUT2D eigenvalue weighted by Gasteiger charge is 2.33. The van der Waals surface area contributed by atoms with Crippen LogP contribution in [0.5, 0.6) is 0 Å². The predicted molar refractivity (Wildman–Crippen MR) is 183 cm³/mol. The fourth-order valence-electron chi connectivity index (χ4n) is 5.74. The Morgan fingerprint density at radius 2 is 1.62 bits per heavy atom. The van der Waals surface area contributed by atoms with Crippen LogP contribution in [0.4, 0.5) is 0 Å². The van der Waals surface area contributed by atoms with Gasteiger partial charge >= 0.3 is 5.97 Å². The van der Waals surface area contributed by atoms with Gasteiger partial charge in [0, 0.05) is 31.3 Å². The molecular weight excluding hydrogens is 610 g/mol. The Labute approximate surface area is 280 Å².